The third kappa shape index (κ3) is 4.13. The van der Waals surface area contributed by atoms with E-state index in [1.165, 1.54) is 32.0 Å². The molecule has 0 amide bonds. The van der Waals surface area contributed by atoms with Gasteiger partial charge in [-0.15, -0.1) is 11.5 Å². The summed E-state index contributed by atoms with van der Waals surface area (Å²) in [4.78, 5) is 0. The van der Waals surface area contributed by atoms with E-state index in [9.17, 15) is 0 Å². The molecule has 2 aliphatic carbocycles. The SMILES string of the molecule is C1=CC=c2ccccc2=C(C2=c3ccccc3=CC=C=C2)C=1.CC.CC. The average Bonchev–Trinajstić information content (AvgIpc) is 3.07. The number of rotatable bonds is 1. The molecule has 0 N–H and O–H groups in total. The first kappa shape index (κ1) is 19.3. The van der Waals surface area contributed by atoms with Crippen molar-refractivity contribution in [1.82, 2.24) is 0 Å². The summed E-state index contributed by atoms with van der Waals surface area (Å²) in [7, 11) is 0. The lowest BCUT2D eigenvalue weighted by Crippen LogP contribution is -2.30. The molecule has 0 unspecified atom stereocenters. The standard InChI is InChI=1S/C22H14.2C2H6/c1-5-13-19-17(9-1)11-3-7-15-21(19)22-16-8-4-12-18-10-2-6-14-20(18)22;2*1-2/h1-6,9-16H;2*1-2H3. The van der Waals surface area contributed by atoms with Crippen molar-refractivity contribution in [1.29, 1.82) is 0 Å². The van der Waals surface area contributed by atoms with Crippen LogP contribution in [0.1, 0.15) is 27.7 Å². The molecular formula is C26H26. The highest BCUT2D eigenvalue weighted by atomic mass is 14.1. The number of benzene rings is 2. The van der Waals surface area contributed by atoms with Gasteiger partial charge in [-0.2, -0.15) is 0 Å². The van der Waals surface area contributed by atoms with Gasteiger partial charge < -0.3 is 0 Å². The van der Waals surface area contributed by atoms with E-state index in [-0.39, 0.29) is 0 Å². The predicted molar refractivity (Wildman–Crippen MR) is 115 cm³/mol. The summed E-state index contributed by atoms with van der Waals surface area (Å²) < 4.78 is 0. The lowest BCUT2D eigenvalue weighted by molar-refractivity contribution is 1.48. The average molecular weight is 338 g/mol. The third-order valence-corrected chi connectivity index (χ3v) is 3.97. The highest BCUT2D eigenvalue weighted by Gasteiger charge is 2.05. The molecule has 4 rings (SSSR count). The lowest BCUT2D eigenvalue weighted by Gasteiger charge is -2.04. The minimum absolute atomic E-state index is 1.18. The fraction of sp³-hybridized carbons (Fsp3) is 0.154. The first-order valence-electron chi connectivity index (χ1n) is 9.38. The molecule has 0 atom stereocenters. The molecule has 2 aromatic carbocycles. The summed E-state index contributed by atoms with van der Waals surface area (Å²) in [6.07, 6.45) is 12.3. The summed E-state index contributed by atoms with van der Waals surface area (Å²) in [5.74, 6) is 0. The van der Waals surface area contributed by atoms with Gasteiger partial charge in [0.15, 0.2) is 0 Å². The van der Waals surface area contributed by atoms with E-state index >= 15 is 0 Å². The molecule has 0 fully saturated rings. The monoisotopic (exact) mass is 338 g/mol. The van der Waals surface area contributed by atoms with Gasteiger partial charge in [-0.05, 0) is 68.5 Å². The lowest BCUT2D eigenvalue weighted by atomic mass is 9.99. The fourth-order valence-electron chi connectivity index (χ4n) is 2.92. The molecule has 2 aromatic rings. The van der Waals surface area contributed by atoms with Crippen LogP contribution in [0.3, 0.4) is 0 Å². The Kier molecular flexibility index (Phi) is 7.47. The molecule has 0 heterocycles. The van der Waals surface area contributed by atoms with E-state index in [0.29, 0.717) is 0 Å². The van der Waals surface area contributed by atoms with Gasteiger partial charge in [-0.1, -0.05) is 76.2 Å². The largest absolute Gasteiger partial charge is 0.120 e. The second-order valence-electron chi connectivity index (χ2n) is 5.29. The third-order valence-electron chi connectivity index (χ3n) is 3.97. The smallest absolute Gasteiger partial charge is 0.00157 e. The van der Waals surface area contributed by atoms with E-state index in [1.54, 1.807) is 0 Å². The highest BCUT2D eigenvalue weighted by molar-refractivity contribution is 5.99. The molecule has 2 aliphatic rings. The molecule has 0 radical (unpaired) electrons. The van der Waals surface area contributed by atoms with E-state index in [1.807, 2.05) is 39.8 Å². The maximum Gasteiger partial charge on any atom is -0.00157 e. The van der Waals surface area contributed by atoms with Gasteiger partial charge in [-0.3, -0.25) is 0 Å². The van der Waals surface area contributed by atoms with Crippen molar-refractivity contribution < 1.29 is 0 Å². The maximum absolute atomic E-state index is 3.26. The Morgan fingerprint density at radius 2 is 0.923 bits per heavy atom. The summed E-state index contributed by atoms with van der Waals surface area (Å²) in [6.45, 7) is 8.00. The zero-order valence-electron chi connectivity index (χ0n) is 16.1. The highest BCUT2D eigenvalue weighted by Crippen LogP contribution is 2.13. The maximum atomic E-state index is 3.26. The van der Waals surface area contributed by atoms with Crippen LogP contribution in [-0.2, 0) is 0 Å². The van der Waals surface area contributed by atoms with E-state index in [2.05, 4.69) is 84.3 Å². The summed E-state index contributed by atoms with van der Waals surface area (Å²) >= 11 is 0. The van der Waals surface area contributed by atoms with Gasteiger partial charge in [0.2, 0.25) is 0 Å². The second kappa shape index (κ2) is 10.1. The number of fused-ring (bicyclic) bond motifs is 2. The minimum atomic E-state index is 1.18. The Bertz CT molecular complexity index is 1030. The number of hydrogen-bond donors (Lipinski definition) is 0. The molecule has 0 aliphatic heterocycles. The normalized spacial score (nSPS) is 12.8. The van der Waals surface area contributed by atoms with E-state index in [4.69, 9.17) is 0 Å². The van der Waals surface area contributed by atoms with Gasteiger partial charge in [0.25, 0.3) is 0 Å². The molecule has 0 bridgehead atoms. The van der Waals surface area contributed by atoms with Crippen molar-refractivity contribution in [3.63, 3.8) is 0 Å². The van der Waals surface area contributed by atoms with Crippen LogP contribution in [0.4, 0.5) is 0 Å². The minimum Gasteiger partial charge on any atom is -0.120 e. The molecular weight excluding hydrogens is 312 g/mol. The molecule has 0 aromatic heterocycles. The topological polar surface area (TPSA) is 0 Å². The molecule has 0 heteroatoms. The van der Waals surface area contributed by atoms with Crippen LogP contribution in [0.2, 0.25) is 0 Å². The zero-order chi connectivity index (χ0) is 18.8. The summed E-state index contributed by atoms with van der Waals surface area (Å²) in [5.41, 5.74) is 8.89. The Labute approximate surface area is 156 Å². The molecule has 130 valence electrons. The first-order valence-corrected chi connectivity index (χ1v) is 9.38. The molecule has 0 saturated heterocycles. The Morgan fingerprint density at radius 3 is 1.35 bits per heavy atom. The molecule has 0 saturated carbocycles. The van der Waals surface area contributed by atoms with Gasteiger partial charge in [0.05, 0.1) is 0 Å². The van der Waals surface area contributed by atoms with Gasteiger partial charge in [0, 0.05) is 0 Å². The second-order valence-corrected chi connectivity index (χ2v) is 5.29. The van der Waals surface area contributed by atoms with Crippen LogP contribution in [-0.4, -0.2) is 0 Å². The molecule has 26 heavy (non-hydrogen) atoms. The number of hydrogen-bond acceptors (Lipinski definition) is 0. The van der Waals surface area contributed by atoms with E-state index < -0.39 is 0 Å². The van der Waals surface area contributed by atoms with Crippen molar-refractivity contribution in [3.8, 4) is 0 Å². The molecule has 0 spiro atoms. The van der Waals surface area contributed by atoms with Crippen molar-refractivity contribution in [3.05, 3.63) is 105 Å². The Morgan fingerprint density at radius 1 is 0.538 bits per heavy atom. The van der Waals surface area contributed by atoms with Crippen molar-refractivity contribution in [2.75, 3.05) is 0 Å². The van der Waals surface area contributed by atoms with Gasteiger partial charge in [0.1, 0.15) is 0 Å². The van der Waals surface area contributed by atoms with Gasteiger partial charge in [-0.25, -0.2) is 0 Å². The van der Waals surface area contributed by atoms with Crippen LogP contribution < -0.4 is 20.9 Å². The predicted octanol–water partition coefficient (Wildman–Crippen LogP) is 3.75. The summed E-state index contributed by atoms with van der Waals surface area (Å²) in [5, 5.41) is 4.89. The Hall–Kier alpha value is -3.04. The fourth-order valence-corrected chi connectivity index (χ4v) is 2.92. The summed E-state index contributed by atoms with van der Waals surface area (Å²) in [6, 6.07) is 16.9. The van der Waals surface area contributed by atoms with Crippen LogP contribution in [0.15, 0.2) is 84.3 Å². The Balaban J connectivity index is 0.000000570. The number of allylic oxidation sites excluding steroid dienone is 2. The van der Waals surface area contributed by atoms with Crippen molar-refractivity contribution in [2.24, 2.45) is 0 Å². The van der Waals surface area contributed by atoms with Crippen LogP contribution >= 0.6 is 0 Å². The van der Waals surface area contributed by atoms with Crippen LogP contribution in [0.25, 0.3) is 23.3 Å². The van der Waals surface area contributed by atoms with Crippen molar-refractivity contribution in [2.45, 2.75) is 27.7 Å². The first-order chi connectivity index (χ1) is 12.9. The van der Waals surface area contributed by atoms with Crippen molar-refractivity contribution >= 4 is 23.3 Å². The van der Waals surface area contributed by atoms with E-state index in [0.717, 1.165) is 0 Å². The zero-order valence-corrected chi connectivity index (χ0v) is 16.1. The van der Waals surface area contributed by atoms with Crippen LogP contribution in [0.5, 0.6) is 0 Å². The van der Waals surface area contributed by atoms with Crippen LogP contribution in [0, 0.1) is 0 Å². The molecule has 0 nitrogen and oxygen atoms in total. The quantitative estimate of drug-likeness (QED) is 0.695. The van der Waals surface area contributed by atoms with Gasteiger partial charge >= 0.3 is 0 Å².